The Bertz CT molecular complexity index is 1160. The average Bonchev–Trinajstić information content (AvgIpc) is 3.51. The summed E-state index contributed by atoms with van der Waals surface area (Å²) in [5.74, 6) is 0.747. The largest absolute Gasteiger partial charge is 0.331 e. The molecule has 0 radical (unpaired) electrons. The first-order valence-corrected chi connectivity index (χ1v) is 10.7. The van der Waals surface area contributed by atoms with E-state index in [1.807, 2.05) is 11.8 Å². The summed E-state index contributed by atoms with van der Waals surface area (Å²) < 4.78 is 14.9. The van der Waals surface area contributed by atoms with Crippen molar-refractivity contribution < 1.29 is 14.0 Å². The topological polar surface area (TPSA) is 84.2 Å². The number of rotatable bonds is 5. The molecule has 9 heteroatoms. The molecular weight excluding hydrogens is 411 g/mol. The molecule has 2 aliphatic heterocycles. The van der Waals surface area contributed by atoms with Gasteiger partial charge in [0.2, 0.25) is 11.8 Å². The van der Waals surface area contributed by atoms with Gasteiger partial charge in [0.15, 0.2) is 5.82 Å². The Hall–Kier alpha value is -3.62. The maximum absolute atomic E-state index is 13.3. The van der Waals surface area contributed by atoms with E-state index in [9.17, 15) is 14.0 Å². The van der Waals surface area contributed by atoms with Crippen molar-refractivity contribution in [2.45, 2.75) is 45.3 Å². The van der Waals surface area contributed by atoms with Gasteiger partial charge in [-0.25, -0.2) is 14.4 Å². The monoisotopic (exact) mass is 434 g/mol. The smallest absolute Gasteiger partial charge is 0.244 e. The summed E-state index contributed by atoms with van der Waals surface area (Å²) in [6, 6.07) is 7.66. The molecule has 164 valence electrons. The molecule has 3 aromatic rings. The van der Waals surface area contributed by atoms with Gasteiger partial charge in [0.25, 0.3) is 0 Å². The van der Waals surface area contributed by atoms with Crippen LogP contribution >= 0.6 is 0 Å². The summed E-state index contributed by atoms with van der Waals surface area (Å²) >= 11 is 0. The fraction of sp³-hybridized carbons (Fsp3) is 0.348. The lowest BCUT2D eigenvalue weighted by Crippen LogP contribution is -2.34. The second-order valence-electron chi connectivity index (χ2n) is 8.20. The number of nitrogens with zero attached hydrogens (tertiary/aromatic N) is 6. The average molecular weight is 434 g/mol. The standard InChI is InChI=1S/C23H23FN6O2/c1-15-18-12-20(31)30(13-16-5-7-17(24)8-6-16)23(18)27-22(26-15)19-4-2-11-29(19)21(32)14-28-10-3-9-25-28/h3,5-10,19H,2,4,11-14H2,1H3. The molecule has 0 aliphatic carbocycles. The molecule has 0 spiro atoms. The van der Waals surface area contributed by atoms with Gasteiger partial charge in [-0.1, -0.05) is 12.1 Å². The number of aromatic nitrogens is 4. The Morgan fingerprint density at radius 3 is 2.78 bits per heavy atom. The molecule has 4 heterocycles. The molecule has 2 aromatic heterocycles. The summed E-state index contributed by atoms with van der Waals surface area (Å²) in [6.07, 6.45) is 5.30. The fourth-order valence-corrected chi connectivity index (χ4v) is 4.44. The molecule has 0 saturated carbocycles. The van der Waals surface area contributed by atoms with Crippen molar-refractivity contribution in [3.05, 3.63) is 71.2 Å². The SMILES string of the molecule is Cc1nc(C2CCCN2C(=O)Cn2cccn2)nc2c1CC(=O)N2Cc1ccc(F)cc1. The highest BCUT2D eigenvalue weighted by Crippen LogP contribution is 2.35. The number of amides is 2. The van der Waals surface area contributed by atoms with Gasteiger partial charge >= 0.3 is 0 Å². The van der Waals surface area contributed by atoms with Gasteiger partial charge in [0.1, 0.15) is 18.2 Å². The third kappa shape index (κ3) is 3.74. The van der Waals surface area contributed by atoms with E-state index in [1.165, 1.54) is 12.1 Å². The van der Waals surface area contributed by atoms with Crippen LogP contribution in [0, 0.1) is 12.7 Å². The minimum atomic E-state index is -0.316. The molecule has 8 nitrogen and oxygen atoms in total. The zero-order valence-electron chi connectivity index (χ0n) is 17.7. The normalized spacial score (nSPS) is 17.8. The summed E-state index contributed by atoms with van der Waals surface area (Å²) in [5, 5.41) is 4.12. The number of fused-ring (bicyclic) bond motifs is 1. The van der Waals surface area contributed by atoms with Gasteiger partial charge in [-0.15, -0.1) is 0 Å². The van der Waals surface area contributed by atoms with Crippen molar-refractivity contribution in [2.75, 3.05) is 11.4 Å². The highest BCUT2D eigenvalue weighted by molar-refractivity contribution is 6.00. The lowest BCUT2D eigenvalue weighted by Gasteiger charge is -2.25. The molecule has 2 amide bonds. The predicted molar refractivity (Wildman–Crippen MR) is 114 cm³/mol. The quantitative estimate of drug-likeness (QED) is 0.616. The van der Waals surface area contributed by atoms with E-state index >= 15 is 0 Å². The Balaban J connectivity index is 1.43. The van der Waals surface area contributed by atoms with Gasteiger partial charge in [-0.05, 0) is 43.5 Å². The van der Waals surface area contributed by atoms with Crippen molar-refractivity contribution in [1.29, 1.82) is 0 Å². The van der Waals surface area contributed by atoms with Gasteiger partial charge in [-0.2, -0.15) is 5.10 Å². The van der Waals surface area contributed by atoms with E-state index in [4.69, 9.17) is 4.98 Å². The van der Waals surface area contributed by atoms with Crippen LogP contribution in [0.2, 0.25) is 0 Å². The molecule has 1 unspecified atom stereocenters. The second kappa shape index (κ2) is 8.14. The van der Waals surface area contributed by atoms with Gasteiger partial charge in [0, 0.05) is 30.2 Å². The number of hydrogen-bond donors (Lipinski definition) is 0. The van der Waals surface area contributed by atoms with Crippen LogP contribution in [0.5, 0.6) is 0 Å². The van der Waals surface area contributed by atoms with Gasteiger partial charge in [0.05, 0.1) is 19.0 Å². The molecule has 1 saturated heterocycles. The first-order chi connectivity index (χ1) is 15.5. The Kier molecular flexibility index (Phi) is 5.16. The van der Waals surface area contributed by atoms with Crippen LogP contribution in [-0.4, -0.2) is 43.0 Å². The van der Waals surface area contributed by atoms with E-state index in [1.54, 1.807) is 40.2 Å². The number of hydrogen-bond acceptors (Lipinski definition) is 5. The van der Waals surface area contributed by atoms with Crippen LogP contribution in [-0.2, 0) is 29.1 Å². The van der Waals surface area contributed by atoms with E-state index < -0.39 is 0 Å². The number of aryl methyl sites for hydroxylation is 1. The number of carbonyl (C=O) groups excluding carboxylic acids is 2. The minimum absolute atomic E-state index is 0.0304. The summed E-state index contributed by atoms with van der Waals surface area (Å²) in [5.41, 5.74) is 2.39. The number of likely N-dealkylation sites (tertiary alicyclic amines) is 1. The van der Waals surface area contributed by atoms with Crippen LogP contribution in [0.25, 0.3) is 0 Å². The predicted octanol–water partition coefficient (Wildman–Crippen LogP) is 2.57. The van der Waals surface area contributed by atoms with Crippen LogP contribution < -0.4 is 4.90 Å². The molecule has 0 bridgehead atoms. The maximum atomic E-state index is 13.3. The fourth-order valence-electron chi connectivity index (χ4n) is 4.44. The van der Waals surface area contributed by atoms with Crippen LogP contribution in [0.3, 0.4) is 0 Å². The zero-order chi connectivity index (χ0) is 22.2. The van der Waals surface area contributed by atoms with E-state index in [-0.39, 0.29) is 36.6 Å². The van der Waals surface area contributed by atoms with Gasteiger partial charge in [-0.3, -0.25) is 19.2 Å². The first kappa shape index (κ1) is 20.3. The van der Waals surface area contributed by atoms with Crippen molar-refractivity contribution >= 4 is 17.6 Å². The summed E-state index contributed by atoms with van der Waals surface area (Å²) in [7, 11) is 0. The molecule has 5 rings (SSSR count). The number of carbonyl (C=O) groups is 2. The molecule has 1 fully saturated rings. The summed E-state index contributed by atoms with van der Waals surface area (Å²) in [4.78, 5) is 38.6. The van der Waals surface area contributed by atoms with E-state index in [2.05, 4.69) is 10.1 Å². The number of halogens is 1. The molecule has 1 atom stereocenters. The molecule has 2 aliphatic rings. The Morgan fingerprint density at radius 1 is 1.22 bits per heavy atom. The van der Waals surface area contributed by atoms with Crippen molar-refractivity contribution in [2.24, 2.45) is 0 Å². The second-order valence-corrected chi connectivity index (χ2v) is 8.20. The minimum Gasteiger partial charge on any atom is -0.331 e. The lowest BCUT2D eigenvalue weighted by molar-refractivity contribution is -0.133. The molecule has 0 N–H and O–H groups in total. The van der Waals surface area contributed by atoms with Crippen molar-refractivity contribution in [3.8, 4) is 0 Å². The first-order valence-electron chi connectivity index (χ1n) is 10.7. The van der Waals surface area contributed by atoms with Gasteiger partial charge < -0.3 is 4.90 Å². The number of benzene rings is 1. The molecule has 32 heavy (non-hydrogen) atoms. The lowest BCUT2D eigenvalue weighted by atomic mass is 10.1. The molecule has 1 aromatic carbocycles. The Labute approximate surface area is 184 Å². The third-order valence-corrected chi connectivity index (χ3v) is 6.08. The van der Waals surface area contributed by atoms with Crippen molar-refractivity contribution in [3.63, 3.8) is 0 Å². The third-order valence-electron chi connectivity index (χ3n) is 6.08. The van der Waals surface area contributed by atoms with Crippen molar-refractivity contribution in [1.82, 2.24) is 24.6 Å². The molecular formula is C23H23FN6O2. The summed E-state index contributed by atoms with van der Waals surface area (Å²) in [6.45, 7) is 3.00. The van der Waals surface area contributed by atoms with Crippen LogP contribution in [0.1, 0.15) is 41.5 Å². The van der Waals surface area contributed by atoms with Crippen LogP contribution in [0.15, 0.2) is 42.7 Å². The highest BCUT2D eigenvalue weighted by atomic mass is 19.1. The Morgan fingerprint density at radius 2 is 2.03 bits per heavy atom. The van der Waals surface area contributed by atoms with Crippen LogP contribution in [0.4, 0.5) is 10.2 Å². The zero-order valence-corrected chi connectivity index (χ0v) is 17.7. The van der Waals surface area contributed by atoms with E-state index in [0.717, 1.165) is 29.7 Å². The number of anilines is 1. The van der Waals surface area contributed by atoms with E-state index in [0.29, 0.717) is 24.7 Å². The maximum Gasteiger partial charge on any atom is 0.244 e. The highest BCUT2D eigenvalue weighted by Gasteiger charge is 2.36.